The second-order valence-corrected chi connectivity index (χ2v) is 12.7. The lowest BCUT2D eigenvalue weighted by Crippen LogP contribution is -2.40. The Morgan fingerprint density at radius 2 is 1.71 bits per heavy atom. The Kier molecular flexibility index (Phi) is 5.27. The van der Waals surface area contributed by atoms with E-state index in [1.54, 1.807) is 6.07 Å². The standard InChI is InChI=1S/C18H26ClN3OSi/c1-18(2,3)24(4,5)23-11-12-6-8-13(9-7-12)14-10-15(19)22-17(21)16(14)20/h6-10H,11,20H2,1-5H3,(H2,21,22). The molecule has 1 aromatic heterocycles. The van der Waals surface area contributed by atoms with Gasteiger partial charge in [-0.1, -0.05) is 56.6 Å². The van der Waals surface area contributed by atoms with E-state index in [0.29, 0.717) is 17.4 Å². The van der Waals surface area contributed by atoms with Gasteiger partial charge in [-0.05, 0) is 35.3 Å². The molecule has 0 atom stereocenters. The van der Waals surface area contributed by atoms with Gasteiger partial charge in [0.15, 0.2) is 8.32 Å². The summed E-state index contributed by atoms with van der Waals surface area (Å²) in [5.41, 5.74) is 15.1. The van der Waals surface area contributed by atoms with Crippen molar-refractivity contribution in [3.05, 3.63) is 41.0 Å². The first-order valence-electron chi connectivity index (χ1n) is 7.96. The molecule has 4 N–H and O–H groups in total. The summed E-state index contributed by atoms with van der Waals surface area (Å²) in [6.07, 6.45) is 0. The Hall–Kier alpha value is -1.56. The Labute approximate surface area is 150 Å². The number of hydrogen-bond donors (Lipinski definition) is 2. The molecule has 4 nitrogen and oxygen atoms in total. The summed E-state index contributed by atoms with van der Waals surface area (Å²) in [4.78, 5) is 3.96. The van der Waals surface area contributed by atoms with Gasteiger partial charge in [0, 0.05) is 5.56 Å². The average Bonchev–Trinajstić information content (AvgIpc) is 2.48. The molecular formula is C18H26ClN3OSi. The van der Waals surface area contributed by atoms with Gasteiger partial charge in [-0.3, -0.25) is 0 Å². The number of halogens is 1. The van der Waals surface area contributed by atoms with E-state index in [2.05, 4.69) is 38.8 Å². The normalized spacial score (nSPS) is 12.4. The molecule has 130 valence electrons. The highest BCUT2D eigenvalue weighted by molar-refractivity contribution is 6.74. The maximum Gasteiger partial charge on any atom is 0.192 e. The molecule has 0 saturated heterocycles. The van der Waals surface area contributed by atoms with Gasteiger partial charge in [-0.25, -0.2) is 4.98 Å². The molecule has 6 heteroatoms. The van der Waals surface area contributed by atoms with Gasteiger partial charge in [0.1, 0.15) is 11.0 Å². The van der Waals surface area contributed by atoms with Crippen molar-refractivity contribution in [3.8, 4) is 11.1 Å². The summed E-state index contributed by atoms with van der Waals surface area (Å²) >= 11 is 5.98. The Morgan fingerprint density at radius 1 is 1.12 bits per heavy atom. The number of rotatable bonds is 4. The molecule has 0 radical (unpaired) electrons. The lowest BCUT2D eigenvalue weighted by atomic mass is 10.0. The fourth-order valence-corrected chi connectivity index (χ4v) is 3.20. The predicted molar refractivity (Wildman–Crippen MR) is 105 cm³/mol. The van der Waals surface area contributed by atoms with Gasteiger partial charge in [0.25, 0.3) is 0 Å². The smallest absolute Gasteiger partial charge is 0.192 e. The number of hydrogen-bond acceptors (Lipinski definition) is 4. The van der Waals surface area contributed by atoms with Gasteiger partial charge in [0.05, 0.1) is 12.3 Å². The lowest BCUT2D eigenvalue weighted by molar-refractivity contribution is 0.276. The summed E-state index contributed by atoms with van der Waals surface area (Å²) in [5, 5.41) is 0.536. The maximum absolute atomic E-state index is 6.25. The monoisotopic (exact) mass is 363 g/mol. The number of anilines is 2. The third-order valence-corrected chi connectivity index (χ3v) is 9.40. The molecule has 0 fully saturated rings. The lowest BCUT2D eigenvalue weighted by Gasteiger charge is -2.36. The maximum atomic E-state index is 6.25. The van der Waals surface area contributed by atoms with Crippen molar-refractivity contribution >= 4 is 31.4 Å². The van der Waals surface area contributed by atoms with Crippen LogP contribution < -0.4 is 11.5 Å². The first kappa shape index (κ1) is 18.8. The van der Waals surface area contributed by atoms with Crippen molar-refractivity contribution < 1.29 is 4.43 Å². The zero-order chi connectivity index (χ0) is 18.1. The van der Waals surface area contributed by atoms with E-state index >= 15 is 0 Å². The molecule has 24 heavy (non-hydrogen) atoms. The van der Waals surface area contributed by atoms with Crippen LogP contribution >= 0.6 is 11.6 Å². The van der Waals surface area contributed by atoms with Crippen LogP contribution in [0.5, 0.6) is 0 Å². The number of benzene rings is 1. The SMILES string of the molecule is CC(C)(C)[Si](C)(C)OCc1ccc(-c2cc(Cl)nc(N)c2N)cc1. The molecular weight excluding hydrogens is 338 g/mol. The van der Waals surface area contributed by atoms with Gasteiger partial charge in [0.2, 0.25) is 0 Å². The number of nitrogens with zero attached hydrogens (tertiary/aromatic N) is 1. The second kappa shape index (κ2) is 6.74. The van der Waals surface area contributed by atoms with Gasteiger partial charge in [-0.2, -0.15) is 0 Å². The fraction of sp³-hybridized carbons (Fsp3) is 0.389. The van der Waals surface area contributed by atoms with Crippen molar-refractivity contribution in [2.75, 3.05) is 11.5 Å². The highest BCUT2D eigenvalue weighted by atomic mass is 35.5. The van der Waals surface area contributed by atoms with Crippen LogP contribution in [0.25, 0.3) is 11.1 Å². The van der Waals surface area contributed by atoms with Crippen LogP contribution in [-0.4, -0.2) is 13.3 Å². The van der Waals surface area contributed by atoms with E-state index < -0.39 is 8.32 Å². The summed E-state index contributed by atoms with van der Waals surface area (Å²) in [6.45, 7) is 11.8. The first-order chi connectivity index (χ1) is 11.0. The molecule has 2 rings (SSSR count). The number of pyridine rings is 1. The summed E-state index contributed by atoms with van der Waals surface area (Å²) in [7, 11) is -1.75. The molecule has 0 bridgehead atoms. The van der Waals surface area contributed by atoms with Crippen molar-refractivity contribution in [2.45, 2.75) is 45.5 Å². The summed E-state index contributed by atoms with van der Waals surface area (Å²) < 4.78 is 6.25. The van der Waals surface area contributed by atoms with Crippen molar-refractivity contribution in [1.29, 1.82) is 0 Å². The minimum absolute atomic E-state index is 0.201. The van der Waals surface area contributed by atoms with Crippen molar-refractivity contribution in [3.63, 3.8) is 0 Å². The third-order valence-electron chi connectivity index (χ3n) is 4.73. The number of aromatic nitrogens is 1. The zero-order valence-corrected chi connectivity index (χ0v) is 16.7. The topological polar surface area (TPSA) is 74.2 Å². The largest absolute Gasteiger partial charge is 0.413 e. The molecule has 1 heterocycles. The van der Waals surface area contributed by atoms with Crippen LogP contribution in [0.2, 0.25) is 23.3 Å². The van der Waals surface area contributed by atoms with Crippen LogP contribution in [0, 0.1) is 0 Å². The van der Waals surface area contributed by atoms with Crippen LogP contribution in [-0.2, 0) is 11.0 Å². The van der Waals surface area contributed by atoms with Crippen molar-refractivity contribution in [1.82, 2.24) is 4.98 Å². The van der Waals surface area contributed by atoms with Gasteiger partial charge >= 0.3 is 0 Å². The van der Waals surface area contributed by atoms with Gasteiger partial charge in [-0.15, -0.1) is 0 Å². The predicted octanol–water partition coefficient (Wildman–Crippen LogP) is 5.09. The van der Waals surface area contributed by atoms with E-state index in [4.69, 9.17) is 27.5 Å². The number of nitrogen functional groups attached to an aromatic ring is 2. The fourth-order valence-electron chi connectivity index (χ4n) is 2.04. The second-order valence-electron chi connectivity index (χ2n) is 7.54. The Morgan fingerprint density at radius 3 is 2.25 bits per heavy atom. The molecule has 0 saturated carbocycles. The van der Waals surface area contributed by atoms with Crippen LogP contribution in [0.1, 0.15) is 26.3 Å². The molecule has 0 unspecified atom stereocenters. The summed E-state index contributed by atoms with van der Waals surface area (Å²) in [5.74, 6) is 0.253. The molecule has 1 aromatic carbocycles. The quantitative estimate of drug-likeness (QED) is 0.586. The minimum Gasteiger partial charge on any atom is -0.413 e. The molecule has 0 amide bonds. The zero-order valence-electron chi connectivity index (χ0n) is 15.0. The Balaban J connectivity index is 2.18. The molecule has 0 aliphatic heterocycles. The van der Waals surface area contributed by atoms with E-state index in [0.717, 1.165) is 16.7 Å². The van der Waals surface area contributed by atoms with Gasteiger partial charge < -0.3 is 15.9 Å². The minimum atomic E-state index is -1.75. The average molecular weight is 364 g/mol. The highest BCUT2D eigenvalue weighted by Gasteiger charge is 2.36. The first-order valence-corrected chi connectivity index (χ1v) is 11.2. The molecule has 0 aliphatic carbocycles. The van der Waals surface area contributed by atoms with Crippen molar-refractivity contribution in [2.24, 2.45) is 0 Å². The van der Waals surface area contributed by atoms with E-state index in [1.165, 1.54) is 0 Å². The van der Waals surface area contributed by atoms with Crippen LogP contribution in [0.3, 0.4) is 0 Å². The van der Waals surface area contributed by atoms with E-state index in [-0.39, 0.29) is 10.9 Å². The van der Waals surface area contributed by atoms with E-state index in [9.17, 15) is 0 Å². The molecule has 2 aromatic rings. The summed E-state index contributed by atoms with van der Waals surface area (Å²) in [6, 6.07) is 9.84. The van der Waals surface area contributed by atoms with E-state index in [1.807, 2.05) is 24.3 Å². The molecule has 0 spiro atoms. The van der Waals surface area contributed by atoms with Crippen LogP contribution in [0.15, 0.2) is 30.3 Å². The molecule has 0 aliphatic rings. The Bertz CT molecular complexity index is 724. The number of nitrogens with two attached hydrogens (primary N) is 2. The highest BCUT2D eigenvalue weighted by Crippen LogP contribution is 2.37. The third kappa shape index (κ3) is 4.09. The van der Waals surface area contributed by atoms with Crippen LogP contribution in [0.4, 0.5) is 11.5 Å².